The Balaban J connectivity index is 1.59. The van der Waals surface area contributed by atoms with Crippen LogP contribution < -0.4 is 4.90 Å². The summed E-state index contributed by atoms with van der Waals surface area (Å²) in [6, 6.07) is 13.8. The van der Waals surface area contributed by atoms with Gasteiger partial charge in [0, 0.05) is 50.9 Å². The van der Waals surface area contributed by atoms with Crippen LogP contribution in [0.5, 0.6) is 0 Å². The molecule has 1 aliphatic rings. The van der Waals surface area contributed by atoms with Crippen molar-refractivity contribution in [3.05, 3.63) is 47.2 Å². The first-order valence-electron chi connectivity index (χ1n) is 10.6. The van der Waals surface area contributed by atoms with E-state index in [0.29, 0.717) is 17.0 Å². The van der Waals surface area contributed by atoms with E-state index in [4.69, 9.17) is 16.6 Å². The normalized spacial score (nSPS) is 15.8. The van der Waals surface area contributed by atoms with E-state index in [-0.39, 0.29) is 0 Å². The van der Waals surface area contributed by atoms with Gasteiger partial charge in [-0.15, -0.1) is 0 Å². The Morgan fingerprint density at radius 1 is 0.897 bits per heavy atom. The van der Waals surface area contributed by atoms with Gasteiger partial charge in [-0.1, -0.05) is 37.6 Å². The molecule has 0 spiro atoms. The van der Waals surface area contributed by atoms with Gasteiger partial charge in [-0.2, -0.15) is 0 Å². The number of nitrogens with zero attached hydrogens (tertiary/aromatic N) is 4. The minimum Gasteiger partial charge on any atom is -0.369 e. The third-order valence-corrected chi connectivity index (χ3v) is 6.39. The summed E-state index contributed by atoms with van der Waals surface area (Å²) in [6.07, 6.45) is 0. The van der Waals surface area contributed by atoms with Crippen molar-refractivity contribution in [3.8, 4) is 11.1 Å². The molecule has 0 atom stereocenters. The van der Waals surface area contributed by atoms with E-state index >= 15 is 0 Å². The molecule has 0 bridgehead atoms. The molecule has 2 heterocycles. The van der Waals surface area contributed by atoms with Crippen LogP contribution in [0.1, 0.15) is 39.4 Å². The molecular weight excluding hydrogens is 380 g/mol. The molecule has 5 heteroatoms. The summed E-state index contributed by atoms with van der Waals surface area (Å²) in [4.78, 5) is 9.78. The van der Waals surface area contributed by atoms with Crippen LogP contribution in [-0.4, -0.2) is 46.7 Å². The lowest BCUT2D eigenvalue weighted by Crippen LogP contribution is -2.48. The molecule has 29 heavy (non-hydrogen) atoms. The lowest BCUT2D eigenvalue weighted by molar-refractivity contribution is 0.209. The Morgan fingerprint density at radius 2 is 1.55 bits per heavy atom. The van der Waals surface area contributed by atoms with Gasteiger partial charge in [0.25, 0.3) is 0 Å². The van der Waals surface area contributed by atoms with Crippen molar-refractivity contribution in [2.24, 2.45) is 7.05 Å². The van der Waals surface area contributed by atoms with Crippen LogP contribution in [0.2, 0.25) is 5.02 Å². The summed E-state index contributed by atoms with van der Waals surface area (Å²) in [5.41, 5.74) is 5.60. The summed E-state index contributed by atoms with van der Waals surface area (Å²) >= 11 is 6.61. The predicted octanol–water partition coefficient (Wildman–Crippen LogP) is 5.55. The van der Waals surface area contributed by atoms with Gasteiger partial charge in [0.1, 0.15) is 11.3 Å². The first kappa shape index (κ1) is 20.2. The number of imidazole rings is 1. The number of rotatable bonds is 4. The number of aryl methyl sites for hydroxylation is 1. The van der Waals surface area contributed by atoms with Gasteiger partial charge in [-0.25, -0.2) is 4.98 Å². The van der Waals surface area contributed by atoms with E-state index in [9.17, 15) is 0 Å². The van der Waals surface area contributed by atoms with Crippen molar-refractivity contribution in [3.63, 3.8) is 0 Å². The number of piperazine rings is 1. The van der Waals surface area contributed by atoms with Crippen LogP contribution in [0.4, 0.5) is 5.69 Å². The minimum absolute atomic E-state index is 0.363. The zero-order valence-electron chi connectivity index (χ0n) is 18.1. The lowest BCUT2D eigenvalue weighted by atomic mass is 10.0. The van der Waals surface area contributed by atoms with Gasteiger partial charge in [0.15, 0.2) is 0 Å². The second-order valence-electron chi connectivity index (χ2n) is 8.67. The minimum atomic E-state index is 0.363. The molecule has 0 N–H and O–H groups in total. The summed E-state index contributed by atoms with van der Waals surface area (Å²) < 4.78 is 2.16. The van der Waals surface area contributed by atoms with Crippen LogP contribution >= 0.6 is 11.6 Å². The highest BCUT2D eigenvalue weighted by atomic mass is 35.5. The van der Waals surface area contributed by atoms with E-state index < -0.39 is 0 Å². The summed E-state index contributed by atoms with van der Waals surface area (Å²) in [7, 11) is 2.07. The largest absolute Gasteiger partial charge is 0.369 e. The average Bonchev–Trinajstić information content (AvgIpc) is 3.06. The first-order chi connectivity index (χ1) is 13.8. The highest BCUT2D eigenvalue weighted by Gasteiger charge is 2.19. The predicted molar refractivity (Wildman–Crippen MR) is 124 cm³/mol. The van der Waals surface area contributed by atoms with Crippen molar-refractivity contribution in [1.29, 1.82) is 0 Å². The number of hydrogen-bond acceptors (Lipinski definition) is 3. The highest BCUT2D eigenvalue weighted by molar-refractivity contribution is 6.35. The van der Waals surface area contributed by atoms with Crippen molar-refractivity contribution >= 4 is 28.3 Å². The summed E-state index contributed by atoms with van der Waals surface area (Å²) in [5.74, 6) is 1.43. The number of anilines is 1. The molecule has 0 unspecified atom stereocenters. The van der Waals surface area contributed by atoms with Gasteiger partial charge in [-0.05, 0) is 49.2 Å². The highest BCUT2D eigenvalue weighted by Crippen LogP contribution is 2.33. The first-order valence-corrected chi connectivity index (χ1v) is 11.0. The third-order valence-electron chi connectivity index (χ3n) is 6.10. The maximum atomic E-state index is 6.61. The SMILES string of the molecule is CC(C)c1nc2c(Cl)cc(-c3ccc(N4CCN(C(C)C)CC4)cc3)cc2n1C. The Morgan fingerprint density at radius 3 is 2.14 bits per heavy atom. The zero-order chi connectivity index (χ0) is 20.7. The molecule has 2 aromatic carbocycles. The van der Waals surface area contributed by atoms with Gasteiger partial charge in [0.05, 0.1) is 10.5 Å². The number of halogens is 1. The van der Waals surface area contributed by atoms with Crippen LogP contribution in [0.3, 0.4) is 0 Å². The Kier molecular flexibility index (Phi) is 5.58. The molecular formula is C24H31ClN4. The fourth-order valence-corrected chi connectivity index (χ4v) is 4.56. The Labute approximate surface area is 179 Å². The van der Waals surface area contributed by atoms with E-state index in [1.165, 1.54) is 11.3 Å². The lowest BCUT2D eigenvalue weighted by Gasteiger charge is -2.38. The molecule has 4 rings (SSSR count). The zero-order valence-corrected chi connectivity index (χ0v) is 18.9. The van der Waals surface area contributed by atoms with Gasteiger partial charge >= 0.3 is 0 Å². The van der Waals surface area contributed by atoms with E-state index in [0.717, 1.165) is 48.6 Å². The molecule has 1 saturated heterocycles. The second kappa shape index (κ2) is 8.00. The van der Waals surface area contributed by atoms with Crippen molar-refractivity contribution in [2.75, 3.05) is 31.1 Å². The van der Waals surface area contributed by atoms with Crippen LogP contribution in [0.15, 0.2) is 36.4 Å². The number of benzene rings is 2. The van der Waals surface area contributed by atoms with Gasteiger partial charge < -0.3 is 9.47 Å². The molecule has 1 aromatic heterocycles. The average molecular weight is 411 g/mol. The van der Waals surface area contributed by atoms with E-state index in [1.807, 2.05) is 6.07 Å². The molecule has 0 amide bonds. The van der Waals surface area contributed by atoms with Gasteiger partial charge in [0.2, 0.25) is 0 Å². The standard InChI is InChI=1S/C24H31ClN4/c1-16(2)24-26-23-21(25)14-19(15-22(23)27(24)5)18-6-8-20(9-7-18)29-12-10-28(11-13-29)17(3)4/h6-9,14-17H,10-13H2,1-5H3. The van der Waals surface area contributed by atoms with Crippen molar-refractivity contribution < 1.29 is 0 Å². The number of fused-ring (bicyclic) bond motifs is 1. The Hall–Kier alpha value is -2.04. The maximum Gasteiger partial charge on any atom is 0.112 e. The molecule has 0 saturated carbocycles. The van der Waals surface area contributed by atoms with E-state index in [1.54, 1.807) is 0 Å². The van der Waals surface area contributed by atoms with Crippen molar-refractivity contribution in [1.82, 2.24) is 14.5 Å². The van der Waals surface area contributed by atoms with E-state index in [2.05, 4.69) is 79.4 Å². The third kappa shape index (κ3) is 3.88. The molecule has 154 valence electrons. The smallest absolute Gasteiger partial charge is 0.112 e. The molecule has 1 fully saturated rings. The summed E-state index contributed by atoms with van der Waals surface area (Å²) in [5, 5.41) is 0.717. The topological polar surface area (TPSA) is 24.3 Å². The fourth-order valence-electron chi connectivity index (χ4n) is 4.31. The molecule has 3 aromatic rings. The fraction of sp³-hybridized carbons (Fsp3) is 0.458. The van der Waals surface area contributed by atoms with Crippen molar-refractivity contribution in [2.45, 2.75) is 39.7 Å². The van der Waals surface area contributed by atoms with Crippen LogP contribution in [0, 0.1) is 0 Å². The maximum absolute atomic E-state index is 6.61. The molecule has 1 aliphatic heterocycles. The molecule has 4 nitrogen and oxygen atoms in total. The Bertz CT molecular complexity index is 996. The molecule has 0 radical (unpaired) electrons. The second-order valence-corrected chi connectivity index (χ2v) is 9.08. The van der Waals surface area contributed by atoms with Gasteiger partial charge in [-0.3, -0.25) is 4.90 Å². The van der Waals surface area contributed by atoms with Crippen LogP contribution in [-0.2, 0) is 7.05 Å². The molecule has 0 aliphatic carbocycles. The monoisotopic (exact) mass is 410 g/mol. The number of aromatic nitrogens is 2. The summed E-state index contributed by atoms with van der Waals surface area (Å²) in [6.45, 7) is 13.3. The quantitative estimate of drug-likeness (QED) is 0.563. The number of hydrogen-bond donors (Lipinski definition) is 0. The van der Waals surface area contributed by atoms with Crippen LogP contribution in [0.25, 0.3) is 22.2 Å².